The molecule has 2 nitrogen and oxygen atoms in total. The van der Waals surface area contributed by atoms with Crippen LogP contribution in [-0.2, 0) is 0 Å². The topological polar surface area (TPSA) is 15.3 Å². The third-order valence-electron chi connectivity index (χ3n) is 4.56. The van der Waals surface area contributed by atoms with Gasteiger partial charge in [0.1, 0.15) is 0 Å². The molecular formula is C16H34N2. The smallest absolute Gasteiger partial charge is 0.0112 e. The molecule has 0 spiro atoms. The SMILES string of the molecule is CCCCN(C)CC1C(C)CC(C)CC1NCC. The largest absolute Gasteiger partial charge is 0.314 e. The third-order valence-corrected chi connectivity index (χ3v) is 4.56. The van der Waals surface area contributed by atoms with Crippen LogP contribution in [0.15, 0.2) is 0 Å². The molecule has 1 aliphatic carbocycles. The summed E-state index contributed by atoms with van der Waals surface area (Å²) in [5.74, 6) is 2.59. The van der Waals surface area contributed by atoms with E-state index in [1.165, 1.54) is 38.8 Å². The van der Waals surface area contributed by atoms with Gasteiger partial charge in [0.25, 0.3) is 0 Å². The quantitative estimate of drug-likeness (QED) is 0.749. The highest BCUT2D eigenvalue weighted by molar-refractivity contribution is 4.88. The molecule has 0 aliphatic heterocycles. The molecule has 0 saturated heterocycles. The van der Waals surface area contributed by atoms with Crippen LogP contribution in [0.4, 0.5) is 0 Å². The number of hydrogen-bond donors (Lipinski definition) is 1. The summed E-state index contributed by atoms with van der Waals surface area (Å²) in [6.07, 6.45) is 5.41. The van der Waals surface area contributed by atoms with Gasteiger partial charge < -0.3 is 10.2 Å². The summed E-state index contributed by atoms with van der Waals surface area (Å²) in [4.78, 5) is 2.55. The van der Waals surface area contributed by atoms with Crippen LogP contribution in [0.3, 0.4) is 0 Å². The summed E-state index contributed by atoms with van der Waals surface area (Å²) in [6.45, 7) is 13.0. The highest BCUT2D eigenvalue weighted by Gasteiger charge is 2.33. The van der Waals surface area contributed by atoms with E-state index in [0.29, 0.717) is 0 Å². The standard InChI is InChI=1S/C16H34N2/c1-6-8-9-18(5)12-15-14(4)10-13(3)11-16(15)17-7-2/h13-17H,6-12H2,1-5H3. The maximum Gasteiger partial charge on any atom is 0.0112 e. The Morgan fingerprint density at radius 1 is 1.17 bits per heavy atom. The van der Waals surface area contributed by atoms with Gasteiger partial charge in [0.2, 0.25) is 0 Å². The average molecular weight is 254 g/mol. The third kappa shape index (κ3) is 4.89. The molecule has 0 bridgehead atoms. The van der Waals surface area contributed by atoms with Gasteiger partial charge >= 0.3 is 0 Å². The number of unbranched alkanes of at least 4 members (excludes halogenated alkanes) is 1. The van der Waals surface area contributed by atoms with Gasteiger partial charge in [-0.15, -0.1) is 0 Å². The van der Waals surface area contributed by atoms with E-state index in [2.05, 4.69) is 45.0 Å². The zero-order valence-electron chi connectivity index (χ0n) is 13.2. The highest BCUT2D eigenvalue weighted by atomic mass is 15.1. The Hall–Kier alpha value is -0.0800. The number of rotatable bonds is 7. The van der Waals surface area contributed by atoms with Crippen LogP contribution < -0.4 is 5.32 Å². The second kappa shape index (κ2) is 8.16. The van der Waals surface area contributed by atoms with E-state index in [9.17, 15) is 0 Å². The van der Waals surface area contributed by atoms with E-state index in [4.69, 9.17) is 0 Å². The van der Waals surface area contributed by atoms with E-state index in [1.807, 2.05) is 0 Å². The first-order valence-corrected chi connectivity index (χ1v) is 8.00. The molecule has 4 atom stereocenters. The van der Waals surface area contributed by atoms with E-state index in [1.54, 1.807) is 0 Å². The Balaban J connectivity index is 2.51. The maximum absolute atomic E-state index is 3.73. The zero-order valence-corrected chi connectivity index (χ0v) is 13.2. The van der Waals surface area contributed by atoms with Crippen molar-refractivity contribution >= 4 is 0 Å². The minimum Gasteiger partial charge on any atom is -0.314 e. The Bertz CT molecular complexity index is 217. The van der Waals surface area contributed by atoms with Crippen LogP contribution in [0.5, 0.6) is 0 Å². The van der Waals surface area contributed by atoms with Crippen molar-refractivity contribution in [3.8, 4) is 0 Å². The fourth-order valence-corrected chi connectivity index (χ4v) is 3.59. The van der Waals surface area contributed by atoms with Gasteiger partial charge in [0, 0.05) is 12.6 Å². The Morgan fingerprint density at radius 3 is 2.50 bits per heavy atom. The second-order valence-corrected chi connectivity index (χ2v) is 6.50. The molecule has 0 amide bonds. The maximum atomic E-state index is 3.73. The van der Waals surface area contributed by atoms with Crippen LogP contribution in [0.1, 0.15) is 53.4 Å². The summed E-state index contributed by atoms with van der Waals surface area (Å²) in [6, 6.07) is 0.734. The fourth-order valence-electron chi connectivity index (χ4n) is 3.59. The summed E-state index contributed by atoms with van der Waals surface area (Å²) >= 11 is 0. The van der Waals surface area contributed by atoms with E-state index in [-0.39, 0.29) is 0 Å². The van der Waals surface area contributed by atoms with Gasteiger partial charge in [-0.3, -0.25) is 0 Å². The normalized spacial score (nSPS) is 33.0. The summed E-state index contributed by atoms with van der Waals surface area (Å²) in [5.41, 5.74) is 0. The Kier molecular flexibility index (Phi) is 7.25. The first-order valence-electron chi connectivity index (χ1n) is 8.00. The molecule has 1 fully saturated rings. The molecule has 0 aromatic carbocycles. The first kappa shape index (κ1) is 16.0. The molecule has 0 aromatic rings. The van der Waals surface area contributed by atoms with Crippen molar-refractivity contribution in [3.05, 3.63) is 0 Å². The molecule has 2 heteroatoms. The summed E-state index contributed by atoms with van der Waals surface area (Å²) in [7, 11) is 2.30. The first-order chi connectivity index (χ1) is 8.58. The predicted molar refractivity (Wildman–Crippen MR) is 80.9 cm³/mol. The molecule has 0 aromatic heterocycles. The molecule has 1 rings (SSSR count). The van der Waals surface area contributed by atoms with Crippen LogP contribution in [0.25, 0.3) is 0 Å². The van der Waals surface area contributed by atoms with Crippen molar-refractivity contribution in [2.24, 2.45) is 17.8 Å². The van der Waals surface area contributed by atoms with Gasteiger partial charge in [-0.2, -0.15) is 0 Å². The van der Waals surface area contributed by atoms with Gasteiger partial charge in [0.15, 0.2) is 0 Å². The highest BCUT2D eigenvalue weighted by Crippen LogP contribution is 2.34. The van der Waals surface area contributed by atoms with Crippen molar-refractivity contribution in [1.82, 2.24) is 10.2 Å². The molecule has 1 saturated carbocycles. The molecule has 0 heterocycles. The number of nitrogens with one attached hydrogen (secondary N) is 1. The van der Waals surface area contributed by atoms with E-state index >= 15 is 0 Å². The molecule has 18 heavy (non-hydrogen) atoms. The summed E-state index contributed by atoms with van der Waals surface area (Å²) in [5, 5.41) is 3.73. The molecular weight excluding hydrogens is 220 g/mol. The second-order valence-electron chi connectivity index (χ2n) is 6.50. The van der Waals surface area contributed by atoms with Crippen LogP contribution in [0, 0.1) is 17.8 Å². The molecule has 4 unspecified atom stereocenters. The minimum atomic E-state index is 0.734. The van der Waals surface area contributed by atoms with Crippen molar-refractivity contribution in [3.63, 3.8) is 0 Å². The van der Waals surface area contributed by atoms with Crippen LogP contribution >= 0.6 is 0 Å². The lowest BCUT2D eigenvalue weighted by molar-refractivity contribution is 0.112. The number of hydrogen-bond acceptors (Lipinski definition) is 2. The van der Waals surface area contributed by atoms with Crippen molar-refractivity contribution in [1.29, 1.82) is 0 Å². The average Bonchev–Trinajstić information content (AvgIpc) is 2.31. The van der Waals surface area contributed by atoms with Gasteiger partial charge in [-0.05, 0) is 57.2 Å². The van der Waals surface area contributed by atoms with E-state index in [0.717, 1.165) is 30.3 Å². The summed E-state index contributed by atoms with van der Waals surface area (Å²) < 4.78 is 0. The molecule has 0 radical (unpaired) electrons. The number of nitrogens with zero attached hydrogens (tertiary/aromatic N) is 1. The zero-order chi connectivity index (χ0) is 13.5. The van der Waals surface area contributed by atoms with Crippen LogP contribution in [0.2, 0.25) is 0 Å². The minimum absolute atomic E-state index is 0.734. The molecule has 108 valence electrons. The van der Waals surface area contributed by atoms with Crippen LogP contribution in [-0.4, -0.2) is 37.6 Å². The lowest BCUT2D eigenvalue weighted by Gasteiger charge is -2.42. The lowest BCUT2D eigenvalue weighted by Crippen LogP contribution is -2.48. The monoisotopic (exact) mass is 254 g/mol. The lowest BCUT2D eigenvalue weighted by atomic mass is 9.72. The molecule has 1 N–H and O–H groups in total. The van der Waals surface area contributed by atoms with Gasteiger partial charge in [0.05, 0.1) is 0 Å². The Morgan fingerprint density at radius 2 is 1.89 bits per heavy atom. The van der Waals surface area contributed by atoms with Crippen molar-refractivity contribution in [2.75, 3.05) is 26.7 Å². The van der Waals surface area contributed by atoms with Gasteiger partial charge in [-0.1, -0.05) is 34.1 Å². The predicted octanol–water partition coefficient (Wildman–Crippen LogP) is 3.38. The van der Waals surface area contributed by atoms with E-state index < -0.39 is 0 Å². The fraction of sp³-hybridized carbons (Fsp3) is 1.00. The van der Waals surface area contributed by atoms with Gasteiger partial charge in [-0.25, -0.2) is 0 Å². The molecule has 1 aliphatic rings. The van der Waals surface area contributed by atoms with Crippen molar-refractivity contribution in [2.45, 2.75) is 59.4 Å². The van der Waals surface area contributed by atoms with Crippen molar-refractivity contribution < 1.29 is 0 Å². The Labute approximate surface area is 115 Å².